The number of benzene rings is 2. The van der Waals surface area contributed by atoms with E-state index in [4.69, 9.17) is 9.47 Å². The molecule has 0 unspecified atom stereocenters. The molecule has 2 amide bonds. The number of nitrogens with one attached hydrogen (secondary N) is 1. The summed E-state index contributed by atoms with van der Waals surface area (Å²) in [5.74, 6) is 1.20. The molecule has 2 aliphatic rings. The van der Waals surface area contributed by atoms with Crippen LogP contribution in [0.25, 0.3) is 0 Å². The van der Waals surface area contributed by atoms with Crippen molar-refractivity contribution in [2.75, 3.05) is 47.4 Å². The number of ether oxygens (including phenoxy) is 2. The number of para-hydroxylation sites is 1. The lowest BCUT2D eigenvalue weighted by atomic mass is 10.1. The third-order valence-corrected chi connectivity index (χ3v) is 9.68. The van der Waals surface area contributed by atoms with Crippen molar-refractivity contribution >= 4 is 22.0 Å². The SMILES string of the molecule is COc1c(CNC(=O)c2cc(C3CC3)nn2C)cccc1OCc1ccc(C(=O)N2CCN(S(=O)(=O)N(C)C)CC2)cc1. The van der Waals surface area contributed by atoms with Gasteiger partial charge in [-0.2, -0.15) is 22.1 Å². The summed E-state index contributed by atoms with van der Waals surface area (Å²) < 4.78 is 40.6. The van der Waals surface area contributed by atoms with Crippen LogP contribution in [-0.4, -0.2) is 90.9 Å². The number of hydrogen-bond acceptors (Lipinski definition) is 7. The summed E-state index contributed by atoms with van der Waals surface area (Å²) in [6.07, 6.45) is 2.24. The van der Waals surface area contributed by atoms with Gasteiger partial charge in [0, 0.05) is 70.9 Å². The molecule has 1 saturated heterocycles. The normalized spacial score (nSPS) is 15.9. The predicted molar refractivity (Wildman–Crippen MR) is 160 cm³/mol. The first-order chi connectivity index (χ1) is 20.6. The summed E-state index contributed by atoms with van der Waals surface area (Å²) in [6.45, 7) is 1.69. The number of aryl methyl sites for hydroxylation is 1. The molecule has 0 bridgehead atoms. The number of carbonyl (C=O) groups excluding carboxylic acids is 2. The van der Waals surface area contributed by atoms with Gasteiger partial charge in [-0.1, -0.05) is 24.3 Å². The van der Waals surface area contributed by atoms with Gasteiger partial charge in [0.2, 0.25) is 0 Å². The van der Waals surface area contributed by atoms with Crippen LogP contribution in [-0.2, 0) is 30.4 Å². The molecule has 3 aromatic rings. The number of piperazine rings is 1. The van der Waals surface area contributed by atoms with Gasteiger partial charge in [0.05, 0.1) is 12.8 Å². The fourth-order valence-electron chi connectivity index (χ4n) is 5.03. The molecule has 1 aromatic heterocycles. The highest BCUT2D eigenvalue weighted by Crippen LogP contribution is 2.39. The summed E-state index contributed by atoms with van der Waals surface area (Å²) in [4.78, 5) is 27.5. The molecule has 0 spiro atoms. The van der Waals surface area contributed by atoms with Crippen molar-refractivity contribution in [2.24, 2.45) is 7.05 Å². The van der Waals surface area contributed by atoms with Gasteiger partial charge in [-0.05, 0) is 42.7 Å². The van der Waals surface area contributed by atoms with Crippen molar-refractivity contribution in [3.05, 3.63) is 76.6 Å². The van der Waals surface area contributed by atoms with Gasteiger partial charge in [0.15, 0.2) is 11.5 Å². The van der Waals surface area contributed by atoms with Crippen LogP contribution in [0.5, 0.6) is 11.5 Å². The van der Waals surface area contributed by atoms with E-state index in [2.05, 4.69) is 10.4 Å². The number of methoxy groups -OCH3 is 1. The second kappa shape index (κ2) is 12.7. The Bertz CT molecular complexity index is 1570. The third kappa shape index (κ3) is 6.84. The average molecular weight is 611 g/mol. The van der Waals surface area contributed by atoms with E-state index in [9.17, 15) is 18.0 Å². The Labute approximate surface area is 252 Å². The number of carbonyl (C=O) groups is 2. The molecule has 2 fully saturated rings. The van der Waals surface area contributed by atoms with E-state index in [1.165, 1.54) is 22.7 Å². The highest BCUT2D eigenvalue weighted by molar-refractivity contribution is 7.86. The van der Waals surface area contributed by atoms with Gasteiger partial charge in [0.25, 0.3) is 22.0 Å². The van der Waals surface area contributed by atoms with Crippen LogP contribution >= 0.6 is 0 Å². The topological polar surface area (TPSA) is 126 Å². The van der Waals surface area contributed by atoms with E-state index in [0.29, 0.717) is 41.8 Å². The minimum Gasteiger partial charge on any atom is -0.493 e. The molecule has 5 rings (SSSR count). The zero-order chi connectivity index (χ0) is 30.7. The lowest BCUT2D eigenvalue weighted by Crippen LogP contribution is -2.53. The molecule has 1 N–H and O–H groups in total. The number of amides is 2. The first kappa shape index (κ1) is 30.5. The Kier molecular flexibility index (Phi) is 9.04. The van der Waals surface area contributed by atoms with Crippen molar-refractivity contribution < 1.29 is 27.5 Å². The van der Waals surface area contributed by atoms with Gasteiger partial charge in [0.1, 0.15) is 12.3 Å². The number of nitrogens with zero attached hydrogens (tertiary/aromatic N) is 5. The first-order valence-electron chi connectivity index (χ1n) is 14.2. The van der Waals surface area contributed by atoms with Crippen LogP contribution in [0.1, 0.15) is 56.4 Å². The van der Waals surface area contributed by atoms with E-state index in [-0.39, 0.29) is 38.1 Å². The number of aromatic nitrogens is 2. The average Bonchev–Trinajstić information content (AvgIpc) is 3.79. The maximum absolute atomic E-state index is 13.0. The van der Waals surface area contributed by atoms with Gasteiger partial charge < -0.3 is 19.7 Å². The van der Waals surface area contributed by atoms with Crippen molar-refractivity contribution in [3.63, 3.8) is 0 Å². The largest absolute Gasteiger partial charge is 0.493 e. The predicted octanol–water partition coefficient (Wildman–Crippen LogP) is 2.38. The van der Waals surface area contributed by atoms with E-state index >= 15 is 0 Å². The minimum absolute atomic E-state index is 0.138. The van der Waals surface area contributed by atoms with Gasteiger partial charge in [-0.3, -0.25) is 14.3 Å². The van der Waals surface area contributed by atoms with E-state index in [1.807, 2.05) is 30.3 Å². The monoisotopic (exact) mass is 610 g/mol. The summed E-state index contributed by atoms with van der Waals surface area (Å²) >= 11 is 0. The Morgan fingerprint density at radius 3 is 2.37 bits per heavy atom. The van der Waals surface area contributed by atoms with Gasteiger partial charge in [-0.15, -0.1) is 0 Å². The molecule has 0 radical (unpaired) electrons. The fraction of sp³-hybridized carbons (Fsp3) is 0.433. The minimum atomic E-state index is -3.49. The highest BCUT2D eigenvalue weighted by Gasteiger charge is 2.31. The summed E-state index contributed by atoms with van der Waals surface area (Å²) in [7, 11) is 2.85. The Balaban J connectivity index is 1.16. The highest BCUT2D eigenvalue weighted by atomic mass is 32.2. The number of hydrogen-bond donors (Lipinski definition) is 1. The van der Waals surface area contributed by atoms with Crippen LogP contribution in [0.3, 0.4) is 0 Å². The molecule has 230 valence electrons. The maximum atomic E-state index is 13.0. The van der Waals surface area contributed by atoms with Crippen molar-refractivity contribution in [3.8, 4) is 11.5 Å². The zero-order valence-corrected chi connectivity index (χ0v) is 25.8. The van der Waals surface area contributed by atoms with Crippen molar-refractivity contribution in [1.82, 2.24) is 28.6 Å². The van der Waals surface area contributed by atoms with Crippen LogP contribution in [0.15, 0.2) is 48.5 Å². The lowest BCUT2D eigenvalue weighted by molar-refractivity contribution is 0.0695. The standard InChI is InChI=1S/C30H38N6O6S/c1-33(2)43(39,40)36-16-14-35(15-17-36)30(38)23-10-8-21(9-11-23)20-42-27-7-5-6-24(28(27)41-4)19-31-29(37)26-18-25(22-12-13-22)32-34(26)3/h5-11,18,22H,12-17,19-20H2,1-4H3,(H,31,37). The fourth-order valence-corrected chi connectivity index (χ4v) is 6.12. The lowest BCUT2D eigenvalue weighted by Gasteiger charge is -2.35. The molecule has 12 nitrogen and oxygen atoms in total. The molecule has 0 atom stereocenters. The molecular formula is C30H38N6O6S. The summed E-state index contributed by atoms with van der Waals surface area (Å²) in [5.41, 5.74) is 3.66. The zero-order valence-electron chi connectivity index (χ0n) is 24.9. The quantitative estimate of drug-likeness (QED) is 0.353. The molecule has 2 heterocycles. The smallest absolute Gasteiger partial charge is 0.281 e. The molecule has 13 heteroatoms. The van der Waals surface area contributed by atoms with Crippen molar-refractivity contribution in [1.29, 1.82) is 0 Å². The van der Waals surface area contributed by atoms with Crippen LogP contribution < -0.4 is 14.8 Å². The molecule has 43 heavy (non-hydrogen) atoms. The van der Waals surface area contributed by atoms with Crippen LogP contribution in [0, 0.1) is 0 Å². The molecule has 1 aliphatic carbocycles. The van der Waals surface area contributed by atoms with E-state index < -0.39 is 10.2 Å². The van der Waals surface area contributed by atoms with E-state index in [1.54, 1.807) is 41.9 Å². The third-order valence-electron chi connectivity index (χ3n) is 7.74. The summed E-state index contributed by atoms with van der Waals surface area (Å²) in [5, 5.41) is 7.43. The van der Waals surface area contributed by atoms with Gasteiger partial charge in [-0.25, -0.2) is 0 Å². The molecule has 1 aliphatic heterocycles. The second-order valence-corrected chi connectivity index (χ2v) is 13.1. The molecule has 1 saturated carbocycles. The van der Waals surface area contributed by atoms with Crippen molar-refractivity contribution in [2.45, 2.75) is 31.9 Å². The molecular weight excluding hydrogens is 572 g/mol. The number of rotatable bonds is 11. The van der Waals surface area contributed by atoms with Crippen LogP contribution in [0.2, 0.25) is 0 Å². The van der Waals surface area contributed by atoms with Crippen LogP contribution in [0.4, 0.5) is 0 Å². The summed E-state index contributed by atoms with van der Waals surface area (Å²) in [6, 6.07) is 14.6. The Morgan fingerprint density at radius 1 is 1.05 bits per heavy atom. The Morgan fingerprint density at radius 2 is 1.74 bits per heavy atom. The Hall–Kier alpha value is -3.94. The second-order valence-electron chi connectivity index (χ2n) is 11.0. The molecule has 2 aromatic carbocycles. The first-order valence-corrected chi connectivity index (χ1v) is 15.6. The maximum Gasteiger partial charge on any atom is 0.281 e. The van der Waals surface area contributed by atoms with Gasteiger partial charge >= 0.3 is 0 Å². The van der Waals surface area contributed by atoms with E-state index in [0.717, 1.165) is 29.7 Å².